The lowest BCUT2D eigenvalue weighted by molar-refractivity contribution is 1.53. The van der Waals surface area contributed by atoms with Crippen LogP contribution >= 0.6 is 21.7 Å². The van der Waals surface area contributed by atoms with Crippen LogP contribution in [-0.2, 0) is 0 Å². The standard InChI is InChI=1S/C8H12.Cl2/c1-4-6-7-8(3)5-2;1-2/h4-7H,2H2,1,3H3;/b6-4-,8-7-;. The van der Waals surface area contributed by atoms with E-state index in [1.165, 1.54) is 5.57 Å². The summed E-state index contributed by atoms with van der Waals surface area (Å²) in [5.74, 6) is 0. The molecule has 2 heteroatoms. The molecule has 0 rings (SSSR count). The van der Waals surface area contributed by atoms with E-state index in [1.54, 1.807) is 0 Å². The fourth-order valence-electron chi connectivity index (χ4n) is 0.316. The van der Waals surface area contributed by atoms with E-state index < -0.39 is 0 Å². The molecule has 0 nitrogen and oxygen atoms in total. The highest BCUT2D eigenvalue weighted by molar-refractivity contribution is 6.85. The zero-order chi connectivity index (χ0) is 8.41. The van der Waals surface area contributed by atoms with Crippen LogP contribution in [0.15, 0.2) is 36.5 Å². The second-order valence-corrected chi connectivity index (χ2v) is 1.64. The minimum Gasteiger partial charge on any atom is -0.0988 e. The summed E-state index contributed by atoms with van der Waals surface area (Å²) in [5.41, 5.74) is 1.20. The molecule has 0 aromatic carbocycles. The van der Waals surface area contributed by atoms with Crippen LogP contribution in [0.5, 0.6) is 0 Å². The van der Waals surface area contributed by atoms with Crippen molar-refractivity contribution in [3.8, 4) is 0 Å². The van der Waals surface area contributed by atoms with Crippen LogP contribution in [0.2, 0.25) is 0 Å². The van der Waals surface area contributed by atoms with Crippen LogP contribution in [0, 0.1) is 0 Å². The van der Waals surface area contributed by atoms with Crippen LogP contribution in [0.3, 0.4) is 0 Å². The number of hydrogen-bond donors (Lipinski definition) is 0. The van der Waals surface area contributed by atoms with Crippen LogP contribution in [0.1, 0.15) is 13.8 Å². The third-order valence-electron chi connectivity index (χ3n) is 0.874. The maximum absolute atomic E-state index is 4.11. The van der Waals surface area contributed by atoms with Gasteiger partial charge in [0, 0.05) is 21.7 Å². The predicted molar refractivity (Wildman–Crippen MR) is 50.5 cm³/mol. The molecule has 0 N–H and O–H groups in total. The summed E-state index contributed by atoms with van der Waals surface area (Å²) in [6, 6.07) is 0. The fourth-order valence-corrected chi connectivity index (χ4v) is 0.316. The van der Waals surface area contributed by atoms with Crippen molar-refractivity contribution in [2.45, 2.75) is 13.8 Å². The summed E-state index contributed by atoms with van der Waals surface area (Å²) >= 11 is 0. The lowest BCUT2D eigenvalue weighted by Crippen LogP contribution is -1.60. The van der Waals surface area contributed by atoms with Gasteiger partial charge in [-0.15, -0.1) is 0 Å². The molecule has 0 saturated carbocycles. The SMILES string of the molecule is C=C/C(C)=C\C=C/C.ClCl. The average Bonchev–Trinajstić information content (AvgIpc) is 2.04. The molecule has 0 amide bonds. The molecule has 58 valence electrons. The Hall–Kier alpha value is -0.200. The first-order valence-corrected chi connectivity index (χ1v) is 4.02. The van der Waals surface area contributed by atoms with Crippen molar-refractivity contribution in [2.75, 3.05) is 0 Å². The molecule has 0 aliphatic heterocycles. The normalized spacial score (nSPS) is 10.6. The molecule has 0 aromatic heterocycles. The molecule has 0 aromatic rings. The van der Waals surface area contributed by atoms with Crippen molar-refractivity contribution in [1.82, 2.24) is 0 Å². The van der Waals surface area contributed by atoms with Gasteiger partial charge in [0.05, 0.1) is 0 Å². The highest BCUT2D eigenvalue weighted by atomic mass is 36.5. The Bertz CT molecular complexity index is 123. The summed E-state index contributed by atoms with van der Waals surface area (Å²) in [6.07, 6.45) is 7.84. The smallest absolute Gasteiger partial charge is 0 e. The highest BCUT2D eigenvalue weighted by Crippen LogP contribution is 1.91. The van der Waals surface area contributed by atoms with Crippen molar-refractivity contribution in [3.05, 3.63) is 36.5 Å². The Morgan fingerprint density at radius 3 is 2.20 bits per heavy atom. The Kier molecular flexibility index (Phi) is 14.4. The zero-order valence-corrected chi connectivity index (χ0v) is 7.78. The van der Waals surface area contributed by atoms with Crippen molar-refractivity contribution in [2.24, 2.45) is 0 Å². The average molecular weight is 179 g/mol. The van der Waals surface area contributed by atoms with Gasteiger partial charge in [-0.25, -0.2) is 0 Å². The van der Waals surface area contributed by atoms with Gasteiger partial charge in [0.15, 0.2) is 0 Å². The van der Waals surface area contributed by atoms with E-state index in [-0.39, 0.29) is 0 Å². The van der Waals surface area contributed by atoms with E-state index in [0.717, 1.165) is 0 Å². The fraction of sp³-hybridized carbons (Fsp3) is 0.250. The highest BCUT2D eigenvalue weighted by Gasteiger charge is 1.70. The minimum absolute atomic E-state index is 1.20. The Morgan fingerprint density at radius 2 is 1.90 bits per heavy atom. The van der Waals surface area contributed by atoms with Gasteiger partial charge in [0.1, 0.15) is 0 Å². The lowest BCUT2D eigenvalue weighted by Gasteiger charge is -1.81. The summed E-state index contributed by atoms with van der Waals surface area (Å²) in [7, 11) is 8.22. The van der Waals surface area contributed by atoms with Crippen LogP contribution in [-0.4, -0.2) is 0 Å². The van der Waals surface area contributed by atoms with Gasteiger partial charge in [0.25, 0.3) is 0 Å². The topological polar surface area (TPSA) is 0 Å². The first-order chi connectivity index (χ1) is 4.81. The molecule has 0 radical (unpaired) electrons. The molecule has 0 fully saturated rings. The van der Waals surface area contributed by atoms with Crippen molar-refractivity contribution in [3.63, 3.8) is 0 Å². The number of allylic oxidation sites excluding steroid dienone is 5. The second kappa shape index (κ2) is 11.6. The molecule has 0 aliphatic rings. The molecule has 0 aliphatic carbocycles. The monoisotopic (exact) mass is 178 g/mol. The second-order valence-electron chi connectivity index (χ2n) is 1.64. The van der Waals surface area contributed by atoms with Gasteiger partial charge in [0.2, 0.25) is 0 Å². The molecular weight excluding hydrogens is 167 g/mol. The van der Waals surface area contributed by atoms with Gasteiger partial charge < -0.3 is 0 Å². The molecule has 0 atom stereocenters. The quantitative estimate of drug-likeness (QED) is 0.560. The van der Waals surface area contributed by atoms with E-state index in [4.69, 9.17) is 0 Å². The molecule has 10 heavy (non-hydrogen) atoms. The van der Waals surface area contributed by atoms with E-state index in [9.17, 15) is 0 Å². The van der Waals surface area contributed by atoms with Gasteiger partial charge in [-0.3, -0.25) is 0 Å². The number of halogens is 2. The molecule has 0 bridgehead atoms. The van der Waals surface area contributed by atoms with Crippen molar-refractivity contribution < 1.29 is 0 Å². The summed E-state index contributed by atoms with van der Waals surface area (Å²) < 4.78 is 0. The van der Waals surface area contributed by atoms with Gasteiger partial charge in [-0.05, 0) is 13.8 Å². The van der Waals surface area contributed by atoms with Gasteiger partial charge >= 0.3 is 0 Å². The molecule has 0 heterocycles. The molecular formula is C8H12Cl2. The number of rotatable bonds is 2. The van der Waals surface area contributed by atoms with E-state index in [2.05, 4.69) is 28.3 Å². The predicted octanol–water partition coefficient (Wildman–Crippen LogP) is 4.07. The first-order valence-electron chi connectivity index (χ1n) is 2.87. The Labute approximate surface area is 72.4 Å². The molecule has 0 unspecified atom stereocenters. The maximum Gasteiger partial charge on any atom is 0 e. The van der Waals surface area contributed by atoms with E-state index >= 15 is 0 Å². The first kappa shape index (κ1) is 12.5. The lowest BCUT2D eigenvalue weighted by atomic mass is 10.3. The minimum atomic E-state index is 1.20. The summed E-state index contributed by atoms with van der Waals surface area (Å²) in [6.45, 7) is 7.63. The van der Waals surface area contributed by atoms with Crippen LogP contribution in [0.4, 0.5) is 0 Å². The van der Waals surface area contributed by atoms with Crippen molar-refractivity contribution in [1.29, 1.82) is 0 Å². The van der Waals surface area contributed by atoms with E-state index in [0.29, 0.717) is 0 Å². The van der Waals surface area contributed by atoms with Gasteiger partial charge in [-0.2, -0.15) is 0 Å². The summed E-state index contributed by atoms with van der Waals surface area (Å²) in [5, 5.41) is 0. The van der Waals surface area contributed by atoms with Gasteiger partial charge in [-0.1, -0.05) is 36.5 Å². The maximum atomic E-state index is 4.11. The molecule has 0 spiro atoms. The largest absolute Gasteiger partial charge is 0.0988 e. The van der Waals surface area contributed by atoms with Crippen LogP contribution in [0.25, 0.3) is 0 Å². The third kappa shape index (κ3) is 10.7. The Morgan fingerprint density at radius 1 is 1.40 bits per heavy atom. The molecule has 0 saturated heterocycles. The van der Waals surface area contributed by atoms with Crippen LogP contribution < -0.4 is 0 Å². The Balaban J connectivity index is 0. The van der Waals surface area contributed by atoms with E-state index in [1.807, 2.05) is 38.2 Å². The summed E-state index contributed by atoms with van der Waals surface area (Å²) in [4.78, 5) is 0. The zero-order valence-electron chi connectivity index (χ0n) is 6.27. The number of hydrogen-bond acceptors (Lipinski definition) is 0. The third-order valence-corrected chi connectivity index (χ3v) is 0.874. The van der Waals surface area contributed by atoms with Crippen molar-refractivity contribution >= 4 is 21.7 Å².